The summed E-state index contributed by atoms with van der Waals surface area (Å²) in [7, 11) is 0. The van der Waals surface area contributed by atoms with Gasteiger partial charge >= 0.3 is 0 Å². The summed E-state index contributed by atoms with van der Waals surface area (Å²) >= 11 is 0. The van der Waals surface area contributed by atoms with Crippen molar-refractivity contribution in [1.82, 2.24) is 30.4 Å². The molecule has 8 heteroatoms. The third kappa shape index (κ3) is 3.42. The van der Waals surface area contributed by atoms with E-state index in [1.807, 2.05) is 31.2 Å². The topological polar surface area (TPSA) is 98.7 Å². The van der Waals surface area contributed by atoms with Crippen molar-refractivity contribution in [2.24, 2.45) is 0 Å². The molecule has 3 aromatic rings. The van der Waals surface area contributed by atoms with Gasteiger partial charge in [-0.2, -0.15) is 5.10 Å². The lowest BCUT2D eigenvalue weighted by atomic mass is 10.1. The van der Waals surface area contributed by atoms with Crippen LogP contribution >= 0.6 is 0 Å². The Labute approximate surface area is 132 Å². The molecule has 0 radical (unpaired) electrons. The molecule has 0 bridgehead atoms. The van der Waals surface area contributed by atoms with Crippen molar-refractivity contribution in [3.63, 3.8) is 0 Å². The fourth-order valence-corrected chi connectivity index (χ4v) is 2.20. The monoisotopic (exact) mass is 312 g/mol. The molecule has 23 heavy (non-hydrogen) atoms. The lowest BCUT2D eigenvalue weighted by Gasteiger charge is -2.14. The van der Waals surface area contributed by atoms with E-state index in [0.29, 0.717) is 11.4 Å². The summed E-state index contributed by atoms with van der Waals surface area (Å²) in [5.41, 5.74) is 3.09. The van der Waals surface area contributed by atoms with Gasteiger partial charge in [0.2, 0.25) is 5.91 Å². The molecule has 0 aliphatic rings. The van der Waals surface area contributed by atoms with E-state index < -0.39 is 0 Å². The summed E-state index contributed by atoms with van der Waals surface area (Å²) in [6.07, 6.45) is 3.27. The number of aromatic nitrogens is 5. The van der Waals surface area contributed by atoms with Gasteiger partial charge in [-0.25, -0.2) is 14.3 Å². The molecule has 0 aliphatic carbocycles. The first-order chi connectivity index (χ1) is 11.1. The molecule has 0 aliphatic heterocycles. The van der Waals surface area contributed by atoms with Gasteiger partial charge in [0.25, 0.3) is 0 Å². The van der Waals surface area contributed by atoms with Crippen LogP contribution in [0.4, 0.5) is 0 Å². The minimum atomic E-state index is -0.128. The number of rotatable bonds is 5. The molecule has 2 heterocycles. The average molecular weight is 312 g/mol. The maximum atomic E-state index is 12.1. The maximum absolute atomic E-state index is 12.1. The van der Waals surface area contributed by atoms with Crippen LogP contribution in [-0.4, -0.2) is 31.0 Å². The zero-order valence-corrected chi connectivity index (χ0v) is 12.8. The summed E-state index contributed by atoms with van der Waals surface area (Å²) in [6, 6.07) is 7.64. The molecule has 1 amide bonds. The van der Waals surface area contributed by atoms with Crippen LogP contribution in [0.15, 0.2) is 41.5 Å². The zero-order chi connectivity index (χ0) is 16.2. The fourth-order valence-electron chi connectivity index (χ4n) is 2.20. The first kappa shape index (κ1) is 14.9. The molecule has 1 aromatic carbocycles. The average Bonchev–Trinajstić information content (AvgIpc) is 3.20. The number of amides is 1. The summed E-state index contributed by atoms with van der Waals surface area (Å²) in [5.74, 6) is -0.128. The Kier molecular flexibility index (Phi) is 4.13. The SMILES string of the molecule is Cc1nonc1CC(=O)N[C@@H](C)c1ccc(-n2cncn2)cc1. The Hall–Kier alpha value is -3.03. The van der Waals surface area contributed by atoms with E-state index in [0.717, 1.165) is 11.3 Å². The number of nitrogens with one attached hydrogen (secondary N) is 1. The molecule has 118 valence electrons. The highest BCUT2D eigenvalue weighted by Crippen LogP contribution is 2.15. The molecule has 0 spiro atoms. The van der Waals surface area contributed by atoms with Gasteiger partial charge in [0.15, 0.2) is 0 Å². The predicted octanol–water partition coefficient (Wildman–Crippen LogP) is 1.38. The van der Waals surface area contributed by atoms with Crippen LogP contribution in [0.3, 0.4) is 0 Å². The zero-order valence-electron chi connectivity index (χ0n) is 12.8. The molecule has 0 saturated heterocycles. The molecule has 3 rings (SSSR count). The molecular formula is C15H16N6O2. The fraction of sp³-hybridized carbons (Fsp3) is 0.267. The van der Waals surface area contributed by atoms with Gasteiger partial charge in [0, 0.05) is 0 Å². The van der Waals surface area contributed by atoms with Crippen LogP contribution in [0.1, 0.15) is 29.9 Å². The Morgan fingerprint density at radius 3 is 2.70 bits per heavy atom. The van der Waals surface area contributed by atoms with E-state index in [1.54, 1.807) is 17.9 Å². The normalized spacial score (nSPS) is 12.1. The smallest absolute Gasteiger partial charge is 0.226 e. The van der Waals surface area contributed by atoms with Crippen molar-refractivity contribution < 1.29 is 9.42 Å². The molecular weight excluding hydrogens is 296 g/mol. The van der Waals surface area contributed by atoms with Crippen molar-refractivity contribution in [3.05, 3.63) is 53.9 Å². The quantitative estimate of drug-likeness (QED) is 0.764. The standard InChI is InChI=1S/C15H16N6O2/c1-10(18-15(22)7-14-11(2)19-23-20-14)12-3-5-13(6-4-12)21-9-16-8-17-21/h3-6,8-10H,7H2,1-2H3,(H,18,22)/t10-/m0/s1. The van der Waals surface area contributed by atoms with E-state index in [-0.39, 0.29) is 18.4 Å². The Balaban J connectivity index is 1.62. The second kappa shape index (κ2) is 6.39. The third-order valence-corrected chi connectivity index (χ3v) is 3.53. The first-order valence-electron chi connectivity index (χ1n) is 7.16. The largest absolute Gasteiger partial charge is 0.349 e. The molecule has 1 N–H and O–H groups in total. The van der Waals surface area contributed by atoms with E-state index in [9.17, 15) is 4.79 Å². The Morgan fingerprint density at radius 1 is 1.30 bits per heavy atom. The van der Waals surface area contributed by atoms with Gasteiger partial charge < -0.3 is 5.32 Å². The Bertz CT molecular complexity index is 779. The van der Waals surface area contributed by atoms with E-state index in [2.05, 4.69) is 30.3 Å². The van der Waals surface area contributed by atoms with E-state index in [4.69, 9.17) is 0 Å². The number of carbonyl (C=O) groups excluding carboxylic acids is 1. The number of aryl methyl sites for hydroxylation is 1. The van der Waals surface area contributed by atoms with Crippen LogP contribution in [0, 0.1) is 6.92 Å². The van der Waals surface area contributed by atoms with Crippen molar-refractivity contribution >= 4 is 5.91 Å². The van der Waals surface area contributed by atoms with Crippen LogP contribution in [0.25, 0.3) is 5.69 Å². The predicted molar refractivity (Wildman–Crippen MR) is 80.7 cm³/mol. The molecule has 0 saturated carbocycles. The van der Waals surface area contributed by atoms with Gasteiger partial charge in [0.05, 0.1) is 18.2 Å². The summed E-state index contributed by atoms with van der Waals surface area (Å²) in [6.45, 7) is 3.68. The van der Waals surface area contributed by atoms with Gasteiger partial charge in [-0.15, -0.1) is 0 Å². The van der Waals surface area contributed by atoms with Gasteiger partial charge in [-0.3, -0.25) is 4.79 Å². The van der Waals surface area contributed by atoms with Crippen molar-refractivity contribution in [2.75, 3.05) is 0 Å². The van der Waals surface area contributed by atoms with Gasteiger partial charge in [-0.1, -0.05) is 22.4 Å². The first-order valence-corrected chi connectivity index (χ1v) is 7.16. The van der Waals surface area contributed by atoms with Gasteiger partial charge in [0.1, 0.15) is 24.0 Å². The number of hydrogen-bond donors (Lipinski definition) is 1. The third-order valence-electron chi connectivity index (χ3n) is 3.53. The lowest BCUT2D eigenvalue weighted by Crippen LogP contribution is -2.28. The van der Waals surface area contributed by atoms with Crippen molar-refractivity contribution in [1.29, 1.82) is 0 Å². The van der Waals surface area contributed by atoms with Crippen LogP contribution in [0.5, 0.6) is 0 Å². The molecule has 2 aromatic heterocycles. The highest BCUT2D eigenvalue weighted by atomic mass is 16.6. The lowest BCUT2D eigenvalue weighted by molar-refractivity contribution is -0.121. The van der Waals surface area contributed by atoms with Crippen LogP contribution < -0.4 is 5.32 Å². The Morgan fingerprint density at radius 2 is 2.09 bits per heavy atom. The molecule has 1 atom stereocenters. The summed E-state index contributed by atoms with van der Waals surface area (Å²) in [5, 5.41) is 14.4. The minimum absolute atomic E-state index is 0.118. The van der Waals surface area contributed by atoms with Crippen LogP contribution in [-0.2, 0) is 11.2 Å². The number of hydrogen-bond acceptors (Lipinski definition) is 6. The number of carbonyl (C=O) groups is 1. The highest BCUT2D eigenvalue weighted by Gasteiger charge is 2.14. The summed E-state index contributed by atoms with van der Waals surface area (Å²) < 4.78 is 6.26. The van der Waals surface area contributed by atoms with Crippen molar-refractivity contribution in [3.8, 4) is 5.69 Å². The van der Waals surface area contributed by atoms with E-state index in [1.165, 1.54) is 6.33 Å². The molecule has 0 fully saturated rings. The second-order valence-corrected chi connectivity index (χ2v) is 5.19. The molecule has 8 nitrogen and oxygen atoms in total. The number of nitrogens with zero attached hydrogens (tertiary/aromatic N) is 5. The number of benzene rings is 1. The van der Waals surface area contributed by atoms with Crippen molar-refractivity contribution in [2.45, 2.75) is 26.3 Å². The van der Waals surface area contributed by atoms with Gasteiger partial charge in [-0.05, 0) is 31.5 Å². The van der Waals surface area contributed by atoms with E-state index >= 15 is 0 Å². The minimum Gasteiger partial charge on any atom is -0.349 e. The highest BCUT2D eigenvalue weighted by molar-refractivity contribution is 5.78. The van der Waals surface area contributed by atoms with Crippen LogP contribution in [0.2, 0.25) is 0 Å². The molecule has 0 unspecified atom stereocenters. The summed E-state index contributed by atoms with van der Waals surface area (Å²) in [4.78, 5) is 16.0. The second-order valence-electron chi connectivity index (χ2n) is 5.19. The maximum Gasteiger partial charge on any atom is 0.226 e.